The van der Waals surface area contributed by atoms with Crippen LogP contribution in [-0.4, -0.2) is 34.1 Å². The number of likely N-dealkylation sites (N-methyl/N-ethyl adjacent to an activating group) is 1. The van der Waals surface area contributed by atoms with Crippen LogP contribution < -0.4 is 5.32 Å². The molecule has 0 aliphatic heterocycles. The third-order valence-corrected chi connectivity index (χ3v) is 2.94. The van der Waals surface area contributed by atoms with Crippen molar-refractivity contribution in [2.24, 2.45) is 0 Å². The summed E-state index contributed by atoms with van der Waals surface area (Å²) in [6, 6.07) is 3.56. The SMILES string of the molecule is CNCCc1nc(C(=O)O)c2ccc(Br)cn12. The van der Waals surface area contributed by atoms with Gasteiger partial charge >= 0.3 is 5.97 Å². The maximum absolute atomic E-state index is 11.1. The lowest BCUT2D eigenvalue weighted by Crippen LogP contribution is -2.12. The molecule has 17 heavy (non-hydrogen) atoms. The number of aromatic nitrogens is 2. The zero-order chi connectivity index (χ0) is 12.4. The molecule has 0 amide bonds. The topological polar surface area (TPSA) is 66.6 Å². The molecule has 2 aromatic rings. The largest absolute Gasteiger partial charge is 0.476 e. The molecule has 6 heteroatoms. The number of carbonyl (C=O) groups is 1. The van der Waals surface area contributed by atoms with Crippen molar-refractivity contribution in [1.29, 1.82) is 0 Å². The number of imidazole rings is 1. The molecule has 0 saturated heterocycles. The normalized spacial score (nSPS) is 10.9. The van der Waals surface area contributed by atoms with Gasteiger partial charge in [-0.25, -0.2) is 9.78 Å². The molecule has 2 heterocycles. The Morgan fingerprint density at radius 3 is 3.00 bits per heavy atom. The Bertz CT molecular complexity index is 565. The summed E-state index contributed by atoms with van der Waals surface area (Å²) in [5.74, 6) is -0.256. The molecule has 0 aliphatic rings. The highest BCUT2D eigenvalue weighted by atomic mass is 79.9. The predicted molar refractivity (Wildman–Crippen MR) is 67.5 cm³/mol. The van der Waals surface area contributed by atoms with E-state index in [4.69, 9.17) is 5.11 Å². The van der Waals surface area contributed by atoms with Gasteiger partial charge in [0, 0.05) is 23.6 Å². The molecule has 0 bridgehead atoms. The lowest BCUT2D eigenvalue weighted by atomic mass is 10.3. The van der Waals surface area contributed by atoms with E-state index < -0.39 is 5.97 Å². The van der Waals surface area contributed by atoms with Crippen molar-refractivity contribution in [2.45, 2.75) is 6.42 Å². The van der Waals surface area contributed by atoms with Gasteiger partial charge < -0.3 is 14.8 Å². The number of aromatic carboxylic acids is 1. The Kier molecular flexibility index (Phi) is 3.44. The van der Waals surface area contributed by atoms with E-state index in [0.29, 0.717) is 11.9 Å². The Labute approximate surface area is 107 Å². The molecule has 90 valence electrons. The number of hydrogen-bond donors (Lipinski definition) is 2. The quantitative estimate of drug-likeness (QED) is 0.899. The minimum atomic E-state index is -1.000. The second-order valence-electron chi connectivity index (χ2n) is 3.64. The summed E-state index contributed by atoms with van der Waals surface area (Å²) in [5, 5.41) is 12.1. The molecule has 0 atom stereocenters. The van der Waals surface area contributed by atoms with Gasteiger partial charge in [0.2, 0.25) is 0 Å². The van der Waals surface area contributed by atoms with E-state index in [2.05, 4.69) is 26.2 Å². The standard InChI is InChI=1S/C11H12BrN3O2/c1-13-5-4-9-14-10(11(16)17)8-3-2-7(12)6-15(8)9/h2-3,6,13H,4-5H2,1H3,(H,16,17). The zero-order valence-corrected chi connectivity index (χ0v) is 10.9. The predicted octanol–water partition coefficient (Wildman–Crippen LogP) is 1.56. The summed E-state index contributed by atoms with van der Waals surface area (Å²) in [6.45, 7) is 0.755. The van der Waals surface area contributed by atoms with Crippen LogP contribution in [0.1, 0.15) is 16.3 Å². The van der Waals surface area contributed by atoms with E-state index >= 15 is 0 Å². The van der Waals surface area contributed by atoms with Crippen LogP contribution in [0.3, 0.4) is 0 Å². The molecule has 0 saturated carbocycles. The number of halogens is 1. The molecule has 0 aromatic carbocycles. The van der Waals surface area contributed by atoms with Crippen molar-refractivity contribution in [3.05, 3.63) is 34.3 Å². The molecule has 0 unspecified atom stereocenters. The fourth-order valence-electron chi connectivity index (χ4n) is 1.69. The highest BCUT2D eigenvalue weighted by molar-refractivity contribution is 9.10. The van der Waals surface area contributed by atoms with Crippen LogP contribution in [0.4, 0.5) is 0 Å². The second-order valence-corrected chi connectivity index (χ2v) is 4.55. The first-order valence-electron chi connectivity index (χ1n) is 5.18. The van der Waals surface area contributed by atoms with Gasteiger partial charge in [0.15, 0.2) is 5.69 Å². The van der Waals surface area contributed by atoms with Crippen molar-refractivity contribution in [3.63, 3.8) is 0 Å². The smallest absolute Gasteiger partial charge is 0.356 e. The van der Waals surface area contributed by atoms with Crippen molar-refractivity contribution in [1.82, 2.24) is 14.7 Å². The minimum Gasteiger partial charge on any atom is -0.476 e. The maximum atomic E-state index is 11.1. The molecule has 0 radical (unpaired) electrons. The summed E-state index contributed by atoms with van der Waals surface area (Å²) >= 11 is 3.37. The summed E-state index contributed by atoms with van der Waals surface area (Å²) in [5.41, 5.74) is 0.718. The lowest BCUT2D eigenvalue weighted by Gasteiger charge is -2.01. The first-order valence-corrected chi connectivity index (χ1v) is 5.97. The number of pyridine rings is 1. The molecular weight excluding hydrogens is 286 g/mol. The van der Waals surface area contributed by atoms with Crippen molar-refractivity contribution in [3.8, 4) is 0 Å². The van der Waals surface area contributed by atoms with Crippen LogP contribution in [0.15, 0.2) is 22.8 Å². The van der Waals surface area contributed by atoms with Crippen molar-refractivity contribution in [2.75, 3.05) is 13.6 Å². The van der Waals surface area contributed by atoms with Gasteiger partial charge in [-0.1, -0.05) is 0 Å². The summed E-state index contributed by atoms with van der Waals surface area (Å²) < 4.78 is 2.70. The number of hydrogen-bond acceptors (Lipinski definition) is 3. The van der Waals surface area contributed by atoms with E-state index in [1.807, 2.05) is 23.7 Å². The minimum absolute atomic E-state index is 0.101. The van der Waals surface area contributed by atoms with Crippen molar-refractivity contribution >= 4 is 27.4 Å². The van der Waals surface area contributed by atoms with E-state index in [0.717, 1.165) is 16.8 Å². The fraction of sp³-hybridized carbons (Fsp3) is 0.273. The number of nitrogens with zero attached hydrogens (tertiary/aromatic N) is 2. The average molecular weight is 298 g/mol. The first-order chi connectivity index (χ1) is 8.13. The summed E-state index contributed by atoms with van der Waals surface area (Å²) in [6.07, 6.45) is 2.52. The van der Waals surface area contributed by atoms with Crippen molar-refractivity contribution < 1.29 is 9.90 Å². The molecular formula is C11H12BrN3O2. The summed E-state index contributed by atoms with van der Waals surface area (Å²) in [4.78, 5) is 15.3. The molecule has 5 nitrogen and oxygen atoms in total. The Morgan fingerprint density at radius 2 is 2.35 bits per heavy atom. The van der Waals surface area contributed by atoms with Crippen LogP contribution in [0.5, 0.6) is 0 Å². The van der Waals surface area contributed by atoms with E-state index in [1.165, 1.54) is 0 Å². The van der Waals surface area contributed by atoms with Crippen LogP contribution in [0, 0.1) is 0 Å². The average Bonchev–Trinajstić information content (AvgIpc) is 2.64. The lowest BCUT2D eigenvalue weighted by molar-refractivity contribution is 0.0693. The Balaban J connectivity index is 2.58. The van der Waals surface area contributed by atoms with E-state index in [-0.39, 0.29) is 5.69 Å². The van der Waals surface area contributed by atoms with Crippen LogP contribution in [0.2, 0.25) is 0 Å². The molecule has 2 N–H and O–H groups in total. The monoisotopic (exact) mass is 297 g/mol. The zero-order valence-electron chi connectivity index (χ0n) is 9.27. The number of carboxylic acids is 1. The number of nitrogens with one attached hydrogen (secondary N) is 1. The third kappa shape index (κ3) is 2.32. The van der Waals surface area contributed by atoms with Crippen LogP contribution in [0.25, 0.3) is 5.52 Å². The first kappa shape index (κ1) is 12.1. The van der Waals surface area contributed by atoms with Gasteiger partial charge in [-0.15, -0.1) is 0 Å². The van der Waals surface area contributed by atoms with Gasteiger partial charge in [0.25, 0.3) is 0 Å². The Morgan fingerprint density at radius 1 is 1.59 bits per heavy atom. The van der Waals surface area contributed by atoms with Gasteiger partial charge in [0.05, 0.1) is 5.52 Å². The van der Waals surface area contributed by atoms with Gasteiger partial charge in [0.1, 0.15) is 5.82 Å². The fourth-order valence-corrected chi connectivity index (χ4v) is 2.03. The Hall–Kier alpha value is -1.40. The second kappa shape index (κ2) is 4.85. The van der Waals surface area contributed by atoms with Gasteiger partial charge in [-0.2, -0.15) is 0 Å². The van der Waals surface area contributed by atoms with Crippen LogP contribution in [-0.2, 0) is 6.42 Å². The third-order valence-electron chi connectivity index (χ3n) is 2.48. The molecule has 0 spiro atoms. The summed E-state index contributed by atoms with van der Waals surface area (Å²) in [7, 11) is 1.85. The highest BCUT2D eigenvalue weighted by Crippen LogP contribution is 2.18. The van der Waals surface area contributed by atoms with Gasteiger partial charge in [-0.05, 0) is 35.1 Å². The molecule has 2 aromatic heterocycles. The molecule has 2 rings (SSSR count). The van der Waals surface area contributed by atoms with E-state index in [1.54, 1.807) is 6.07 Å². The van der Waals surface area contributed by atoms with E-state index in [9.17, 15) is 4.79 Å². The number of carboxylic acid groups (broad SMARTS) is 1. The van der Waals surface area contributed by atoms with Crippen LogP contribution >= 0.6 is 15.9 Å². The number of rotatable bonds is 4. The number of fused-ring (bicyclic) bond motifs is 1. The maximum Gasteiger partial charge on any atom is 0.356 e. The highest BCUT2D eigenvalue weighted by Gasteiger charge is 2.16. The van der Waals surface area contributed by atoms with Gasteiger partial charge in [-0.3, -0.25) is 0 Å². The molecule has 0 fully saturated rings. The molecule has 0 aliphatic carbocycles.